The van der Waals surface area contributed by atoms with Gasteiger partial charge in [-0.25, -0.2) is 9.97 Å². The zero-order valence-corrected chi connectivity index (χ0v) is 23.7. The normalized spacial score (nSPS) is 17.9. The zero-order chi connectivity index (χ0) is 27.3. The molecule has 1 amide bonds. The number of aryl methyl sites for hydroxylation is 2. The molecule has 4 heterocycles. The van der Waals surface area contributed by atoms with Crippen LogP contribution in [0.1, 0.15) is 44.2 Å². The summed E-state index contributed by atoms with van der Waals surface area (Å²) in [7, 11) is -0.814. The van der Waals surface area contributed by atoms with Gasteiger partial charge in [0.25, 0.3) is 0 Å². The molecule has 2 fully saturated rings. The van der Waals surface area contributed by atoms with Gasteiger partial charge in [0.05, 0.1) is 11.4 Å². The Bertz CT molecular complexity index is 1610. The Labute approximate surface area is 227 Å². The third-order valence-electron chi connectivity index (χ3n) is 7.32. The molecule has 0 bridgehead atoms. The standard InChI is InChI=1S/C28H34N7O3P/c1-17-29-26-22(30-21-11-10-19(15-23(21)39(3,4)37)20-12-13-34(2)33-20)16-24(32-28(36)18-8-9-18)31-27(26)35(17)25-7-5-6-14-38-25/h10-13,15-16,18,25H,5-9,14H2,1-4H3,(H2,30,31,32,36). The molecule has 11 heteroatoms. The highest BCUT2D eigenvalue weighted by Gasteiger charge is 2.31. The van der Waals surface area contributed by atoms with Crippen molar-refractivity contribution in [2.45, 2.75) is 45.3 Å². The molecule has 1 unspecified atom stereocenters. The van der Waals surface area contributed by atoms with E-state index in [9.17, 15) is 9.36 Å². The lowest BCUT2D eigenvalue weighted by Crippen LogP contribution is -2.20. The number of hydrogen-bond acceptors (Lipinski definition) is 7. The van der Waals surface area contributed by atoms with Crippen LogP contribution in [0.3, 0.4) is 0 Å². The van der Waals surface area contributed by atoms with E-state index < -0.39 is 7.14 Å². The van der Waals surface area contributed by atoms with Crippen LogP contribution in [0.15, 0.2) is 36.5 Å². The molecule has 1 aliphatic carbocycles. The Morgan fingerprint density at radius 2 is 1.90 bits per heavy atom. The third-order valence-corrected chi connectivity index (χ3v) is 8.85. The number of ether oxygens (including phenoxy) is 1. The van der Waals surface area contributed by atoms with Gasteiger partial charge in [-0.05, 0) is 70.6 Å². The first kappa shape index (κ1) is 25.8. The van der Waals surface area contributed by atoms with Gasteiger partial charge in [-0.3, -0.25) is 14.0 Å². The minimum Gasteiger partial charge on any atom is -0.358 e. The number of nitrogens with zero attached hydrogens (tertiary/aromatic N) is 5. The number of fused-ring (bicyclic) bond motifs is 1. The van der Waals surface area contributed by atoms with Crippen LogP contribution in [0.4, 0.5) is 17.2 Å². The molecule has 6 rings (SSSR count). The summed E-state index contributed by atoms with van der Waals surface area (Å²) in [5.41, 5.74) is 4.44. The highest BCUT2D eigenvalue weighted by atomic mass is 31.2. The van der Waals surface area contributed by atoms with E-state index in [-0.39, 0.29) is 18.1 Å². The fraction of sp³-hybridized carbons (Fsp3) is 0.429. The summed E-state index contributed by atoms with van der Waals surface area (Å²) in [5.74, 6) is 1.28. The number of imidazole rings is 1. The number of pyridine rings is 1. The van der Waals surface area contributed by atoms with E-state index in [0.29, 0.717) is 34.6 Å². The van der Waals surface area contributed by atoms with E-state index in [4.69, 9.17) is 14.7 Å². The number of amides is 1. The van der Waals surface area contributed by atoms with Crippen molar-refractivity contribution < 1.29 is 14.1 Å². The van der Waals surface area contributed by atoms with Gasteiger partial charge in [0, 0.05) is 48.4 Å². The second-order valence-electron chi connectivity index (χ2n) is 10.9. The number of carbonyl (C=O) groups is 1. The van der Waals surface area contributed by atoms with Crippen LogP contribution < -0.4 is 15.9 Å². The Kier molecular flexibility index (Phi) is 6.55. The predicted molar refractivity (Wildman–Crippen MR) is 153 cm³/mol. The number of aromatic nitrogens is 5. The summed E-state index contributed by atoms with van der Waals surface area (Å²) in [6.07, 6.45) is 6.53. The molecule has 0 spiro atoms. The summed E-state index contributed by atoms with van der Waals surface area (Å²) in [4.78, 5) is 22.4. The molecule has 0 radical (unpaired) electrons. The fourth-order valence-electron chi connectivity index (χ4n) is 5.13. The maximum Gasteiger partial charge on any atom is 0.228 e. The lowest BCUT2D eigenvalue weighted by molar-refractivity contribution is -0.117. The number of benzene rings is 1. The van der Waals surface area contributed by atoms with E-state index in [1.165, 1.54) is 0 Å². The monoisotopic (exact) mass is 547 g/mol. The molecule has 2 aliphatic rings. The van der Waals surface area contributed by atoms with Crippen molar-refractivity contribution in [3.05, 3.63) is 42.4 Å². The smallest absolute Gasteiger partial charge is 0.228 e. The van der Waals surface area contributed by atoms with Crippen molar-refractivity contribution in [1.82, 2.24) is 24.3 Å². The molecule has 39 heavy (non-hydrogen) atoms. The average Bonchev–Trinajstić information content (AvgIpc) is 3.58. The van der Waals surface area contributed by atoms with E-state index in [1.54, 1.807) is 18.0 Å². The number of anilines is 3. The van der Waals surface area contributed by atoms with Crippen molar-refractivity contribution in [3.63, 3.8) is 0 Å². The van der Waals surface area contributed by atoms with Gasteiger partial charge in [0.1, 0.15) is 30.5 Å². The minimum absolute atomic E-state index is 0.0171. The Balaban J connectivity index is 1.46. The Hall–Kier alpha value is -3.49. The molecule has 1 saturated heterocycles. The molecule has 1 atom stereocenters. The highest BCUT2D eigenvalue weighted by molar-refractivity contribution is 7.70. The molecular formula is C28H34N7O3P. The first-order chi connectivity index (χ1) is 18.7. The lowest BCUT2D eigenvalue weighted by atomic mass is 10.1. The van der Waals surface area contributed by atoms with Crippen molar-refractivity contribution in [2.24, 2.45) is 13.0 Å². The van der Waals surface area contributed by atoms with E-state index >= 15 is 0 Å². The number of rotatable bonds is 7. The maximum atomic E-state index is 13.5. The number of hydrogen-bond donors (Lipinski definition) is 2. The fourth-order valence-corrected chi connectivity index (χ4v) is 6.29. The molecule has 10 nitrogen and oxygen atoms in total. The van der Waals surface area contributed by atoms with Crippen molar-refractivity contribution >= 4 is 46.7 Å². The second kappa shape index (κ2) is 9.92. The van der Waals surface area contributed by atoms with Gasteiger partial charge < -0.3 is 19.9 Å². The maximum absolute atomic E-state index is 13.5. The second-order valence-corrected chi connectivity index (χ2v) is 14.1. The molecular weight excluding hydrogens is 513 g/mol. The van der Waals surface area contributed by atoms with Crippen LogP contribution >= 0.6 is 7.14 Å². The van der Waals surface area contributed by atoms with Crippen molar-refractivity contribution in [1.29, 1.82) is 0 Å². The minimum atomic E-state index is -2.69. The van der Waals surface area contributed by atoms with Gasteiger partial charge in [-0.2, -0.15) is 5.10 Å². The summed E-state index contributed by atoms with van der Waals surface area (Å²) in [6, 6.07) is 9.60. The average molecular weight is 548 g/mol. The molecule has 1 aliphatic heterocycles. The Morgan fingerprint density at radius 3 is 2.56 bits per heavy atom. The predicted octanol–water partition coefficient (Wildman–Crippen LogP) is 5.18. The van der Waals surface area contributed by atoms with Gasteiger partial charge in [-0.1, -0.05) is 6.07 Å². The molecule has 3 aromatic heterocycles. The van der Waals surface area contributed by atoms with Crippen molar-refractivity contribution in [3.8, 4) is 11.3 Å². The number of carbonyl (C=O) groups excluding carboxylic acids is 1. The van der Waals surface area contributed by atoms with Crippen LogP contribution in [-0.2, 0) is 21.1 Å². The van der Waals surface area contributed by atoms with Crippen LogP contribution in [0.5, 0.6) is 0 Å². The molecule has 1 saturated carbocycles. The SMILES string of the molecule is Cc1nc2c(Nc3ccc(-c4ccn(C)n4)cc3P(C)(C)=O)cc(NC(=O)C3CC3)nc2n1C1CCCCO1. The van der Waals surface area contributed by atoms with Gasteiger partial charge in [0.15, 0.2) is 5.65 Å². The summed E-state index contributed by atoms with van der Waals surface area (Å²) in [6.45, 7) is 6.17. The third kappa shape index (κ3) is 5.23. The van der Waals surface area contributed by atoms with Gasteiger partial charge in [0.2, 0.25) is 5.91 Å². The van der Waals surface area contributed by atoms with Crippen LogP contribution in [0.25, 0.3) is 22.4 Å². The van der Waals surface area contributed by atoms with Crippen LogP contribution in [-0.4, -0.2) is 50.2 Å². The topological polar surface area (TPSA) is 116 Å². The van der Waals surface area contributed by atoms with E-state index in [2.05, 4.69) is 15.7 Å². The molecule has 4 aromatic rings. The first-order valence-corrected chi connectivity index (χ1v) is 16.1. The molecule has 204 valence electrons. The summed E-state index contributed by atoms with van der Waals surface area (Å²) >= 11 is 0. The van der Waals surface area contributed by atoms with E-state index in [1.807, 2.05) is 55.1 Å². The summed E-state index contributed by atoms with van der Waals surface area (Å²) in [5, 5.41) is 11.7. The largest absolute Gasteiger partial charge is 0.358 e. The van der Waals surface area contributed by atoms with Crippen LogP contribution in [0.2, 0.25) is 0 Å². The first-order valence-electron chi connectivity index (χ1n) is 13.5. The summed E-state index contributed by atoms with van der Waals surface area (Å²) < 4.78 is 23.3. The van der Waals surface area contributed by atoms with Crippen molar-refractivity contribution in [2.75, 3.05) is 30.6 Å². The van der Waals surface area contributed by atoms with Gasteiger partial charge in [-0.15, -0.1) is 0 Å². The highest BCUT2D eigenvalue weighted by Crippen LogP contribution is 2.41. The number of nitrogens with one attached hydrogen (secondary N) is 2. The van der Waals surface area contributed by atoms with Gasteiger partial charge >= 0.3 is 0 Å². The Morgan fingerprint density at radius 1 is 1.08 bits per heavy atom. The molecule has 2 N–H and O–H groups in total. The quantitative estimate of drug-likeness (QED) is 0.306. The molecule has 1 aromatic carbocycles. The van der Waals surface area contributed by atoms with Crippen LogP contribution in [0, 0.1) is 12.8 Å². The lowest BCUT2D eigenvalue weighted by Gasteiger charge is -2.25. The zero-order valence-electron chi connectivity index (χ0n) is 22.8. The van der Waals surface area contributed by atoms with E-state index in [0.717, 1.165) is 54.9 Å².